The van der Waals surface area contributed by atoms with Crippen LogP contribution >= 0.6 is 0 Å². The van der Waals surface area contributed by atoms with Gasteiger partial charge in [0.15, 0.2) is 0 Å². The molecule has 7 nitrogen and oxygen atoms in total. The summed E-state index contributed by atoms with van der Waals surface area (Å²) < 4.78 is 13.5. The lowest BCUT2D eigenvalue weighted by molar-refractivity contribution is -0.139. The average molecular weight is 366 g/mol. The van der Waals surface area contributed by atoms with Crippen LogP contribution in [0.15, 0.2) is 0 Å². The third-order valence-electron chi connectivity index (χ3n) is 6.46. The Morgan fingerprint density at radius 2 is 1.88 bits per heavy atom. The number of halogens is 1. The summed E-state index contributed by atoms with van der Waals surface area (Å²) in [7, 11) is 0. The molecule has 26 heavy (non-hydrogen) atoms. The molecule has 0 aromatic heterocycles. The molecule has 3 aliphatic carbocycles. The van der Waals surface area contributed by atoms with E-state index in [1.807, 2.05) is 6.07 Å². The molecule has 2 atom stereocenters. The third kappa shape index (κ3) is 3.55. The van der Waals surface area contributed by atoms with Crippen molar-refractivity contribution < 1.29 is 19.1 Å². The Balaban J connectivity index is 1.53. The number of amides is 2. The number of hydrogen-bond acceptors (Lipinski definition) is 5. The summed E-state index contributed by atoms with van der Waals surface area (Å²) in [4.78, 5) is 26.2. The second-order valence-corrected chi connectivity index (χ2v) is 7.92. The van der Waals surface area contributed by atoms with Gasteiger partial charge in [-0.3, -0.25) is 9.59 Å². The predicted molar refractivity (Wildman–Crippen MR) is 91.6 cm³/mol. The lowest BCUT2D eigenvalue weighted by Crippen LogP contribution is -2.60. The van der Waals surface area contributed by atoms with Crippen molar-refractivity contribution in [2.75, 3.05) is 26.2 Å². The van der Waals surface area contributed by atoms with E-state index in [4.69, 9.17) is 10.4 Å². The molecule has 8 heteroatoms. The van der Waals surface area contributed by atoms with Gasteiger partial charge in [-0.2, -0.15) is 5.26 Å². The lowest BCUT2D eigenvalue weighted by Gasteiger charge is -2.52. The Hall–Kier alpha value is -1.72. The molecule has 4 fully saturated rings. The number of hydrogen-bond donors (Lipinski definition) is 3. The molecule has 0 aromatic rings. The summed E-state index contributed by atoms with van der Waals surface area (Å²) in [5.41, 5.74) is -0.490. The van der Waals surface area contributed by atoms with Crippen LogP contribution in [0.5, 0.6) is 0 Å². The van der Waals surface area contributed by atoms with E-state index in [-0.39, 0.29) is 55.4 Å². The Morgan fingerprint density at radius 3 is 2.46 bits per heavy atom. The first-order valence-corrected chi connectivity index (χ1v) is 9.41. The minimum atomic E-state index is -1.12. The van der Waals surface area contributed by atoms with Gasteiger partial charge in [0.25, 0.3) is 0 Å². The zero-order valence-corrected chi connectivity index (χ0v) is 15.0. The van der Waals surface area contributed by atoms with Crippen molar-refractivity contribution in [2.24, 2.45) is 5.41 Å². The van der Waals surface area contributed by atoms with Gasteiger partial charge in [0.1, 0.15) is 12.2 Å². The highest BCUT2D eigenvalue weighted by molar-refractivity contribution is 5.83. The van der Waals surface area contributed by atoms with Gasteiger partial charge >= 0.3 is 0 Å². The molecular weight excluding hydrogens is 339 g/mol. The minimum absolute atomic E-state index is 0.000120. The van der Waals surface area contributed by atoms with Gasteiger partial charge in [0.05, 0.1) is 25.8 Å². The van der Waals surface area contributed by atoms with E-state index in [0.29, 0.717) is 0 Å². The maximum absolute atomic E-state index is 13.5. The van der Waals surface area contributed by atoms with E-state index in [1.54, 1.807) is 0 Å². The van der Waals surface area contributed by atoms with E-state index in [1.165, 1.54) is 4.90 Å². The molecule has 3 saturated carbocycles. The monoisotopic (exact) mass is 366 g/mol. The number of likely N-dealkylation sites (tertiary alicyclic amines) is 1. The zero-order chi connectivity index (χ0) is 18.8. The lowest BCUT2D eigenvalue weighted by atomic mass is 9.57. The average Bonchev–Trinajstić information content (AvgIpc) is 3.06. The molecule has 1 aliphatic heterocycles. The van der Waals surface area contributed by atoms with E-state index in [9.17, 15) is 14.0 Å². The van der Waals surface area contributed by atoms with Crippen LogP contribution < -0.4 is 10.6 Å². The molecule has 144 valence electrons. The van der Waals surface area contributed by atoms with Crippen LogP contribution in [0.2, 0.25) is 0 Å². The van der Waals surface area contributed by atoms with Crippen LogP contribution in [-0.4, -0.2) is 65.8 Å². The van der Waals surface area contributed by atoms with Crippen LogP contribution in [0.3, 0.4) is 0 Å². The molecule has 1 heterocycles. The van der Waals surface area contributed by atoms with Crippen molar-refractivity contribution in [3.63, 3.8) is 0 Å². The molecule has 4 aliphatic rings. The summed E-state index contributed by atoms with van der Waals surface area (Å²) in [6.45, 7) is 0.327. The summed E-state index contributed by atoms with van der Waals surface area (Å²) in [6, 6.07) is 1.33. The van der Waals surface area contributed by atoms with Gasteiger partial charge in [-0.05, 0) is 38.5 Å². The van der Waals surface area contributed by atoms with Crippen LogP contribution in [0, 0.1) is 16.7 Å². The molecule has 0 radical (unpaired) electrons. The number of nitriles is 1. The van der Waals surface area contributed by atoms with Crippen molar-refractivity contribution in [2.45, 2.75) is 62.7 Å². The Kier molecular flexibility index (Phi) is 5.49. The zero-order valence-electron chi connectivity index (χ0n) is 15.0. The Morgan fingerprint density at radius 1 is 1.23 bits per heavy atom. The fourth-order valence-corrected chi connectivity index (χ4v) is 4.70. The van der Waals surface area contributed by atoms with Gasteiger partial charge in [0, 0.05) is 23.9 Å². The van der Waals surface area contributed by atoms with Crippen LogP contribution in [0.25, 0.3) is 0 Å². The van der Waals surface area contributed by atoms with Gasteiger partial charge in [-0.15, -0.1) is 0 Å². The molecule has 4 rings (SSSR count). The normalized spacial score (nSPS) is 36.0. The van der Waals surface area contributed by atoms with Gasteiger partial charge in [-0.1, -0.05) is 0 Å². The van der Waals surface area contributed by atoms with Crippen molar-refractivity contribution >= 4 is 11.8 Å². The Labute approximate surface area is 152 Å². The highest BCUT2D eigenvalue weighted by Crippen LogP contribution is 2.52. The molecule has 3 N–H and O–H groups in total. The van der Waals surface area contributed by atoms with Crippen molar-refractivity contribution in [3.8, 4) is 6.07 Å². The largest absolute Gasteiger partial charge is 0.395 e. The minimum Gasteiger partial charge on any atom is -0.395 e. The summed E-state index contributed by atoms with van der Waals surface area (Å²) in [5.74, 6) is -0.201. The van der Waals surface area contributed by atoms with Crippen LogP contribution in [-0.2, 0) is 9.59 Å². The van der Waals surface area contributed by atoms with Gasteiger partial charge in [0.2, 0.25) is 11.8 Å². The maximum Gasteiger partial charge on any atom is 0.237 e. The standard InChI is InChI=1S/C18H27FN4O3/c19-13-9-14(10-20)23(12-13)15(25)11-22-18-4-1-17(2-5-18,3-6-18)16(26)21-7-8-24/h13-14,22,24H,1-9,11-12H2,(H,21,26)/t13-,14-,17?,18?/m0/s1. The number of fused-ring (bicyclic) bond motifs is 3. The summed E-state index contributed by atoms with van der Waals surface area (Å²) in [6.07, 6.45) is 3.73. The van der Waals surface area contributed by atoms with Crippen LogP contribution in [0.4, 0.5) is 4.39 Å². The number of rotatable bonds is 6. The third-order valence-corrected chi connectivity index (χ3v) is 6.46. The number of nitrogens with zero attached hydrogens (tertiary/aromatic N) is 2. The molecular formula is C18H27FN4O3. The highest BCUT2D eigenvalue weighted by atomic mass is 19.1. The van der Waals surface area contributed by atoms with E-state index >= 15 is 0 Å². The first-order chi connectivity index (χ1) is 12.4. The molecule has 0 unspecified atom stereocenters. The molecule has 0 aromatic carbocycles. The first kappa shape index (κ1) is 19.1. The summed E-state index contributed by atoms with van der Waals surface area (Å²) in [5, 5.41) is 24.1. The Bertz CT molecular complexity index is 581. The fourth-order valence-electron chi connectivity index (χ4n) is 4.70. The smallest absolute Gasteiger partial charge is 0.237 e. The quantitative estimate of drug-likeness (QED) is 0.625. The molecule has 2 amide bonds. The van der Waals surface area contributed by atoms with Gasteiger partial charge in [-0.25, -0.2) is 4.39 Å². The number of aliphatic hydroxyl groups excluding tert-OH is 1. The number of carbonyl (C=O) groups is 2. The number of carbonyl (C=O) groups excluding carboxylic acids is 2. The second kappa shape index (κ2) is 7.49. The SMILES string of the molecule is N#C[C@@H]1C[C@H](F)CN1C(=O)CNC12CCC(C(=O)NCCO)(CC1)CC2. The topological polar surface area (TPSA) is 105 Å². The molecule has 1 saturated heterocycles. The maximum atomic E-state index is 13.5. The summed E-state index contributed by atoms with van der Waals surface area (Å²) >= 11 is 0. The fraction of sp³-hybridized carbons (Fsp3) is 0.833. The molecule has 0 spiro atoms. The number of aliphatic hydroxyl groups is 1. The van der Waals surface area contributed by atoms with Crippen molar-refractivity contribution in [1.29, 1.82) is 5.26 Å². The van der Waals surface area contributed by atoms with Crippen LogP contribution in [0.1, 0.15) is 44.9 Å². The van der Waals surface area contributed by atoms with E-state index in [0.717, 1.165) is 38.5 Å². The molecule has 2 bridgehead atoms. The number of alkyl halides is 1. The van der Waals surface area contributed by atoms with E-state index in [2.05, 4.69) is 10.6 Å². The second-order valence-electron chi connectivity index (χ2n) is 7.92. The van der Waals surface area contributed by atoms with Crippen molar-refractivity contribution in [1.82, 2.24) is 15.5 Å². The van der Waals surface area contributed by atoms with Crippen molar-refractivity contribution in [3.05, 3.63) is 0 Å². The first-order valence-electron chi connectivity index (χ1n) is 9.41. The van der Waals surface area contributed by atoms with Gasteiger partial charge < -0.3 is 20.6 Å². The van der Waals surface area contributed by atoms with E-state index < -0.39 is 12.2 Å². The predicted octanol–water partition coefficient (Wildman–Crippen LogP) is 0.240. The number of nitrogens with one attached hydrogen (secondary N) is 2. The highest BCUT2D eigenvalue weighted by Gasteiger charge is 2.52.